The number of hydrogen-bond donors (Lipinski definition) is 0. The highest BCUT2D eigenvalue weighted by atomic mass is 15.1. The standard InChI is InChI=1S/C31H25N3/c1-31(2,3)34-25-13-7-6-12-23(25)29-27(34)17-15-24-28-22-11-5-4-9-20(22)14-16-26(28)33(30(24)29)21-10-8-18-32-19-21/h4-19H,1-3H3. The quantitative estimate of drug-likeness (QED) is 0.253. The van der Waals surface area contributed by atoms with Crippen molar-refractivity contribution in [2.75, 3.05) is 0 Å². The third-order valence-electron chi connectivity index (χ3n) is 7.03. The molecule has 0 atom stereocenters. The average Bonchev–Trinajstić information content (AvgIpc) is 3.37. The van der Waals surface area contributed by atoms with Crippen LogP contribution in [0.4, 0.5) is 0 Å². The van der Waals surface area contributed by atoms with Crippen molar-refractivity contribution in [3.8, 4) is 5.69 Å². The van der Waals surface area contributed by atoms with E-state index in [1.165, 1.54) is 54.4 Å². The van der Waals surface area contributed by atoms with Gasteiger partial charge in [0.2, 0.25) is 0 Å². The molecule has 0 aliphatic heterocycles. The minimum Gasteiger partial charge on any atom is -0.335 e. The van der Waals surface area contributed by atoms with Crippen LogP contribution in [-0.4, -0.2) is 14.1 Å². The fraction of sp³-hybridized carbons (Fsp3) is 0.129. The molecule has 0 aliphatic carbocycles. The zero-order valence-electron chi connectivity index (χ0n) is 19.6. The zero-order valence-corrected chi connectivity index (χ0v) is 19.6. The van der Waals surface area contributed by atoms with E-state index in [0.717, 1.165) is 5.69 Å². The molecule has 7 aromatic rings. The highest BCUT2D eigenvalue weighted by Gasteiger charge is 2.24. The van der Waals surface area contributed by atoms with Gasteiger partial charge in [-0.15, -0.1) is 0 Å². The van der Waals surface area contributed by atoms with Crippen LogP contribution in [0.2, 0.25) is 0 Å². The first-order valence-corrected chi connectivity index (χ1v) is 11.8. The molecule has 0 bridgehead atoms. The van der Waals surface area contributed by atoms with Crippen LogP contribution >= 0.6 is 0 Å². The van der Waals surface area contributed by atoms with Crippen molar-refractivity contribution in [2.24, 2.45) is 0 Å². The van der Waals surface area contributed by atoms with Crippen LogP contribution in [0.25, 0.3) is 60.1 Å². The van der Waals surface area contributed by atoms with Gasteiger partial charge >= 0.3 is 0 Å². The molecule has 0 aliphatic rings. The van der Waals surface area contributed by atoms with Gasteiger partial charge in [0.05, 0.1) is 28.4 Å². The first-order valence-electron chi connectivity index (χ1n) is 11.8. The summed E-state index contributed by atoms with van der Waals surface area (Å²) < 4.78 is 4.90. The Bertz CT molecular complexity index is 1880. The minimum absolute atomic E-state index is 0.0487. The summed E-state index contributed by atoms with van der Waals surface area (Å²) in [4.78, 5) is 4.48. The fourth-order valence-corrected chi connectivity index (χ4v) is 5.80. The van der Waals surface area contributed by atoms with Crippen molar-refractivity contribution in [3.05, 3.63) is 97.3 Å². The first-order chi connectivity index (χ1) is 16.5. The van der Waals surface area contributed by atoms with Gasteiger partial charge < -0.3 is 9.13 Å². The number of pyridine rings is 1. The second-order valence-electron chi connectivity index (χ2n) is 10.1. The highest BCUT2D eigenvalue weighted by Crippen LogP contribution is 2.44. The fourth-order valence-electron chi connectivity index (χ4n) is 5.80. The van der Waals surface area contributed by atoms with Gasteiger partial charge in [0.15, 0.2) is 0 Å². The van der Waals surface area contributed by atoms with Crippen molar-refractivity contribution in [1.82, 2.24) is 14.1 Å². The molecule has 7 rings (SSSR count). The SMILES string of the molecule is CC(C)(C)n1c2ccccc2c2c3c(ccc21)c1c2ccccc2ccc1n3-c1cccnc1. The zero-order chi connectivity index (χ0) is 23.0. The Hall–Kier alpha value is -4.11. The van der Waals surface area contributed by atoms with E-state index in [1.807, 2.05) is 18.5 Å². The van der Waals surface area contributed by atoms with Crippen LogP contribution in [-0.2, 0) is 5.54 Å². The van der Waals surface area contributed by atoms with E-state index in [2.05, 4.69) is 114 Å². The van der Waals surface area contributed by atoms with E-state index >= 15 is 0 Å². The molecule has 3 heteroatoms. The number of aromatic nitrogens is 3. The van der Waals surface area contributed by atoms with Gasteiger partial charge in [-0.25, -0.2) is 0 Å². The van der Waals surface area contributed by atoms with E-state index in [9.17, 15) is 0 Å². The molecule has 0 amide bonds. The summed E-state index contributed by atoms with van der Waals surface area (Å²) in [6, 6.07) is 30.8. The Morgan fingerprint density at radius 2 is 1.38 bits per heavy atom. The second-order valence-corrected chi connectivity index (χ2v) is 10.1. The molecule has 0 unspecified atom stereocenters. The topological polar surface area (TPSA) is 22.8 Å². The molecule has 0 spiro atoms. The molecule has 34 heavy (non-hydrogen) atoms. The van der Waals surface area contributed by atoms with Gasteiger partial charge in [-0.3, -0.25) is 4.98 Å². The maximum atomic E-state index is 4.48. The van der Waals surface area contributed by atoms with Gasteiger partial charge in [-0.1, -0.05) is 54.6 Å². The van der Waals surface area contributed by atoms with Crippen LogP contribution < -0.4 is 0 Å². The summed E-state index contributed by atoms with van der Waals surface area (Å²) in [5, 5.41) is 7.71. The van der Waals surface area contributed by atoms with Crippen molar-refractivity contribution >= 4 is 54.4 Å². The Balaban J connectivity index is 1.83. The Morgan fingerprint density at radius 3 is 2.18 bits per heavy atom. The van der Waals surface area contributed by atoms with Crippen molar-refractivity contribution < 1.29 is 0 Å². The maximum Gasteiger partial charge on any atom is 0.0645 e. The van der Waals surface area contributed by atoms with E-state index in [-0.39, 0.29) is 5.54 Å². The third-order valence-corrected chi connectivity index (χ3v) is 7.03. The molecule has 3 aromatic heterocycles. The molecule has 3 heterocycles. The molecule has 0 saturated carbocycles. The Kier molecular flexibility index (Phi) is 3.82. The summed E-state index contributed by atoms with van der Waals surface area (Å²) >= 11 is 0. The molecular formula is C31H25N3. The van der Waals surface area contributed by atoms with Crippen molar-refractivity contribution in [3.63, 3.8) is 0 Å². The van der Waals surface area contributed by atoms with Crippen LogP contribution in [0.15, 0.2) is 97.3 Å². The lowest BCUT2D eigenvalue weighted by atomic mass is 10.0. The molecule has 0 fully saturated rings. The number of rotatable bonds is 1. The van der Waals surface area contributed by atoms with E-state index in [4.69, 9.17) is 0 Å². The van der Waals surface area contributed by atoms with Crippen LogP contribution in [0.1, 0.15) is 20.8 Å². The highest BCUT2D eigenvalue weighted by molar-refractivity contribution is 6.29. The van der Waals surface area contributed by atoms with Gasteiger partial charge in [0.1, 0.15) is 0 Å². The van der Waals surface area contributed by atoms with Crippen molar-refractivity contribution in [1.29, 1.82) is 0 Å². The molecule has 0 radical (unpaired) electrons. The third kappa shape index (κ3) is 2.50. The van der Waals surface area contributed by atoms with Gasteiger partial charge in [0, 0.05) is 38.8 Å². The number of hydrogen-bond acceptors (Lipinski definition) is 1. The lowest BCUT2D eigenvalue weighted by molar-refractivity contribution is 0.423. The van der Waals surface area contributed by atoms with E-state index in [0.29, 0.717) is 0 Å². The number of para-hydroxylation sites is 1. The summed E-state index contributed by atoms with van der Waals surface area (Å²) in [6.45, 7) is 6.85. The Labute approximate surface area is 197 Å². The van der Waals surface area contributed by atoms with Gasteiger partial charge in [-0.05, 0) is 61.9 Å². The molecule has 3 nitrogen and oxygen atoms in total. The lowest BCUT2D eigenvalue weighted by Gasteiger charge is -2.24. The molecule has 4 aromatic carbocycles. The van der Waals surface area contributed by atoms with Crippen LogP contribution in [0, 0.1) is 0 Å². The van der Waals surface area contributed by atoms with Gasteiger partial charge in [-0.2, -0.15) is 0 Å². The number of fused-ring (bicyclic) bond motifs is 9. The van der Waals surface area contributed by atoms with Gasteiger partial charge in [0.25, 0.3) is 0 Å². The molecule has 164 valence electrons. The Morgan fingerprint density at radius 1 is 0.618 bits per heavy atom. The summed E-state index contributed by atoms with van der Waals surface area (Å²) in [5.41, 5.74) is 6.02. The lowest BCUT2D eigenvalue weighted by Crippen LogP contribution is -2.21. The van der Waals surface area contributed by atoms with E-state index < -0.39 is 0 Å². The number of nitrogens with zero attached hydrogens (tertiary/aromatic N) is 3. The predicted molar refractivity (Wildman–Crippen MR) is 144 cm³/mol. The predicted octanol–water partition coefficient (Wildman–Crippen LogP) is 8.19. The molecule has 0 N–H and O–H groups in total. The average molecular weight is 440 g/mol. The van der Waals surface area contributed by atoms with Crippen LogP contribution in [0.3, 0.4) is 0 Å². The minimum atomic E-state index is -0.0487. The first kappa shape index (κ1) is 19.4. The summed E-state index contributed by atoms with van der Waals surface area (Å²) in [6.07, 6.45) is 3.81. The second kappa shape index (κ2) is 6.71. The largest absolute Gasteiger partial charge is 0.335 e. The monoisotopic (exact) mass is 439 g/mol. The normalized spacial score (nSPS) is 12.6. The summed E-state index contributed by atoms with van der Waals surface area (Å²) in [7, 11) is 0. The van der Waals surface area contributed by atoms with E-state index in [1.54, 1.807) is 0 Å². The summed E-state index contributed by atoms with van der Waals surface area (Å²) in [5.74, 6) is 0. The maximum absolute atomic E-state index is 4.48. The smallest absolute Gasteiger partial charge is 0.0645 e. The number of benzene rings is 4. The molecule has 0 saturated heterocycles. The molecular weight excluding hydrogens is 414 g/mol. The van der Waals surface area contributed by atoms with Crippen LogP contribution in [0.5, 0.6) is 0 Å². The van der Waals surface area contributed by atoms with Crippen molar-refractivity contribution in [2.45, 2.75) is 26.3 Å².